The second-order valence-corrected chi connectivity index (χ2v) is 6.36. The number of piperidine rings is 1. The topological polar surface area (TPSA) is 77.2 Å². The molecule has 0 radical (unpaired) electrons. The van der Waals surface area contributed by atoms with Gasteiger partial charge in [0, 0.05) is 24.6 Å². The zero-order valence-electron chi connectivity index (χ0n) is 14.8. The lowest BCUT2D eigenvalue weighted by molar-refractivity contribution is -0.122. The maximum absolute atomic E-state index is 11.3. The Morgan fingerprint density at radius 2 is 1.92 bits per heavy atom. The zero-order valence-corrected chi connectivity index (χ0v) is 14.8. The average Bonchev–Trinajstić information content (AvgIpc) is 2.65. The summed E-state index contributed by atoms with van der Waals surface area (Å²) in [5, 5.41) is 0. The molecule has 6 nitrogen and oxygen atoms in total. The molecule has 0 bridgehead atoms. The molecule has 0 atom stereocenters. The number of nitrogens with zero attached hydrogens (tertiary/aromatic N) is 2. The fourth-order valence-corrected chi connectivity index (χ4v) is 3.23. The summed E-state index contributed by atoms with van der Waals surface area (Å²) in [4.78, 5) is 18.3. The maximum Gasteiger partial charge on any atom is 0.220 e. The summed E-state index contributed by atoms with van der Waals surface area (Å²) in [6, 6.07) is 5.90. The average molecular weight is 343 g/mol. The van der Waals surface area contributed by atoms with Crippen molar-refractivity contribution in [3.63, 3.8) is 0 Å². The minimum Gasteiger partial charge on any atom is -0.486 e. The molecule has 1 aromatic rings. The summed E-state index contributed by atoms with van der Waals surface area (Å²) in [7, 11) is 0. The normalized spacial score (nSPS) is 19.0. The summed E-state index contributed by atoms with van der Waals surface area (Å²) in [5.41, 5.74) is 7.30. The third kappa shape index (κ3) is 3.95. The number of aliphatic imine (C=N–C) groups is 1. The Hall–Kier alpha value is -2.50. The Kier molecular flexibility index (Phi) is 5.26. The molecule has 2 aliphatic heterocycles. The van der Waals surface area contributed by atoms with Gasteiger partial charge in [0.25, 0.3) is 0 Å². The van der Waals surface area contributed by atoms with Gasteiger partial charge in [-0.25, -0.2) is 4.99 Å². The molecule has 2 heterocycles. The maximum atomic E-state index is 11.3. The van der Waals surface area contributed by atoms with Crippen LogP contribution in [0.3, 0.4) is 0 Å². The predicted molar refractivity (Wildman–Crippen MR) is 97.7 cm³/mol. The number of rotatable bonds is 3. The number of fused-ring (bicyclic) bond motifs is 1. The number of hydrogen-bond donors (Lipinski definition) is 1. The van der Waals surface area contributed by atoms with Gasteiger partial charge in [0.05, 0.1) is 5.70 Å². The van der Waals surface area contributed by atoms with Crippen LogP contribution in [-0.4, -0.2) is 42.9 Å². The third-order valence-corrected chi connectivity index (χ3v) is 4.75. The van der Waals surface area contributed by atoms with Gasteiger partial charge < -0.3 is 20.1 Å². The second kappa shape index (κ2) is 7.59. The molecule has 0 saturated carbocycles. The quantitative estimate of drug-likeness (QED) is 0.675. The van der Waals surface area contributed by atoms with E-state index in [1.807, 2.05) is 38.1 Å². The molecule has 2 N–H and O–H groups in total. The Morgan fingerprint density at radius 1 is 1.24 bits per heavy atom. The van der Waals surface area contributed by atoms with Crippen LogP contribution in [-0.2, 0) is 4.79 Å². The highest BCUT2D eigenvalue weighted by molar-refractivity contribution is 5.87. The van der Waals surface area contributed by atoms with Crippen LogP contribution in [0.5, 0.6) is 11.5 Å². The first-order valence-electron chi connectivity index (χ1n) is 8.74. The Morgan fingerprint density at radius 3 is 2.56 bits per heavy atom. The van der Waals surface area contributed by atoms with Gasteiger partial charge in [0.1, 0.15) is 19.0 Å². The van der Waals surface area contributed by atoms with Gasteiger partial charge in [0.2, 0.25) is 5.91 Å². The van der Waals surface area contributed by atoms with Crippen LogP contribution in [0.25, 0.3) is 5.70 Å². The number of allylic oxidation sites excluding steroid dienone is 1. The van der Waals surface area contributed by atoms with Crippen molar-refractivity contribution in [3.8, 4) is 11.5 Å². The fourth-order valence-electron chi connectivity index (χ4n) is 3.23. The molecule has 134 valence electrons. The molecule has 1 saturated heterocycles. The van der Waals surface area contributed by atoms with Crippen molar-refractivity contribution in [3.05, 3.63) is 29.8 Å². The van der Waals surface area contributed by atoms with Crippen molar-refractivity contribution in [2.45, 2.75) is 26.7 Å². The summed E-state index contributed by atoms with van der Waals surface area (Å²) < 4.78 is 11.2. The second-order valence-electron chi connectivity index (χ2n) is 6.36. The molecule has 6 heteroatoms. The van der Waals surface area contributed by atoms with E-state index in [1.165, 1.54) is 0 Å². The molecule has 2 aliphatic rings. The van der Waals surface area contributed by atoms with Gasteiger partial charge in [-0.15, -0.1) is 0 Å². The van der Waals surface area contributed by atoms with Crippen LogP contribution in [0.2, 0.25) is 0 Å². The van der Waals surface area contributed by atoms with Gasteiger partial charge in [-0.3, -0.25) is 4.79 Å². The molecule has 1 amide bonds. The van der Waals surface area contributed by atoms with Crippen molar-refractivity contribution in [2.24, 2.45) is 16.6 Å². The lowest BCUT2D eigenvalue weighted by Gasteiger charge is -2.32. The number of primary amides is 1. The Bertz CT molecular complexity index is 704. The van der Waals surface area contributed by atoms with Crippen LogP contribution < -0.4 is 15.2 Å². The highest BCUT2D eigenvalue weighted by Crippen LogP contribution is 2.33. The number of benzene rings is 1. The van der Waals surface area contributed by atoms with Crippen molar-refractivity contribution in [1.82, 2.24) is 4.90 Å². The number of hydrogen-bond acceptors (Lipinski definition) is 4. The summed E-state index contributed by atoms with van der Waals surface area (Å²) in [6.45, 7) is 6.75. The van der Waals surface area contributed by atoms with E-state index in [9.17, 15) is 4.79 Å². The number of likely N-dealkylation sites (tertiary alicyclic amines) is 1. The van der Waals surface area contributed by atoms with E-state index in [4.69, 9.17) is 20.2 Å². The monoisotopic (exact) mass is 343 g/mol. The van der Waals surface area contributed by atoms with E-state index in [0.29, 0.717) is 13.2 Å². The summed E-state index contributed by atoms with van der Waals surface area (Å²) in [5.74, 6) is 2.28. The first-order chi connectivity index (χ1) is 12.1. The predicted octanol–water partition coefficient (Wildman–Crippen LogP) is 2.43. The molecular formula is C19H25N3O3. The van der Waals surface area contributed by atoms with E-state index in [1.54, 1.807) is 0 Å². The Balaban J connectivity index is 1.73. The number of ether oxygens (including phenoxy) is 2. The van der Waals surface area contributed by atoms with Gasteiger partial charge in [-0.2, -0.15) is 0 Å². The molecule has 0 unspecified atom stereocenters. The van der Waals surface area contributed by atoms with E-state index in [0.717, 1.165) is 54.5 Å². The van der Waals surface area contributed by atoms with Crippen LogP contribution in [0.4, 0.5) is 0 Å². The molecule has 0 aliphatic carbocycles. The molecule has 1 aromatic carbocycles. The van der Waals surface area contributed by atoms with Crippen LogP contribution in [0.1, 0.15) is 32.3 Å². The van der Waals surface area contributed by atoms with Gasteiger partial charge in [0.15, 0.2) is 11.5 Å². The first kappa shape index (κ1) is 17.3. The van der Waals surface area contributed by atoms with E-state index < -0.39 is 0 Å². The number of amides is 1. The lowest BCUT2D eigenvalue weighted by atomic mass is 9.96. The minimum absolute atomic E-state index is 0.0111. The number of amidine groups is 1. The highest BCUT2D eigenvalue weighted by Gasteiger charge is 2.23. The number of carbonyl (C=O) groups is 1. The zero-order chi connectivity index (χ0) is 17.8. The van der Waals surface area contributed by atoms with E-state index >= 15 is 0 Å². The summed E-state index contributed by atoms with van der Waals surface area (Å²) >= 11 is 0. The molecule has 3 rings (SSSR count). The molecule has 0 spiro atoms. The van der Waals surface area contributed by atoms with Crippen LogP contribution >= 0.6 is 0 Å². The molecular weight excluding hydrogens is 318 g/mol. The standard InChI is InChI=1S/C19H25N3O3/c1-3-16(15-4-5-17-18(12-15)25-11-10-24-17)21-13(2)22-8-6-14(7-9-22)19(20)23/h3-5,12,14H,6-11H2,1-2H3,(H2,20,23)/b16-3-,21-13?. The molecule has 0 aromatic heterocycles. The van der Waals surface area contributed by atoms with E-state index in [-0.39, 0.29) is 11.8 Å². The van der Waals surface area contributed by atoms with E-state index in [2.05, 4.69) is 4.90 Å². The van der Waals surface area contributed by atoms with Crippen molar-refractivity contribution in [1.29, 1.82) is 0 Å². The number of carbonyl (C=O) groups excluding carboxylic acids is 1. The van der Waals surface area contributed by atoms with Crippen molar-refractivity contribution >= 4 is 17.4 Å². The largest absolute Gasteiger partial charge is 0.486 e. The Labute approximate surface area is 148 Å². The fraction of sp³-hybridized carbons (Fsp3) is 0.474. The van der Waals surface area contributed by atoms with Gasteiger partial charge in [-0.1, -0.05) is 6.08 Å². The van der Waals surface area contributed by atoms with Crippen LogP contribution in [0.15, 0.2) is 29.3 Å². The lowest BCUT2D eigenvalue weighted by Crippen LogP contribution is -2.40. The molecule has 25 heavy (non-hydrogen) atoms. The van der Waals surface area contributed by atoms with Crippen molar-refractivity contribution < 1.29 is 14.3 Å². The summed E-state index contributed by atoms with van der Waals surface area (Å²) in [6.07, 6.45) is 3.57. The van der Waals surface area contributed by atoms with Gasteiger partial charge in [-0.05, 0) is 44.9 Å². The smallest absolute Gasteiger partial charge is 0.220 e. The SMILES string of the molecule is C/C=C(\N=C(C)N1CCC(C(N)=O)CC1)c1ccc2c(c1)OCCO2. The molecule has 1 fully saturated rings. The van der Waals surface area contributed by atoms with Crippen molar-refractivity contribution in [2.75, 3.05) is 26.3 Å². The number of nitrogens with two attached hydrogens (primary N) is 1. The van der Waals surface area contributed by atoms with Crippen LogP contribution in [0, 0.1) is 5.92 Å². The highest BCUT2D eigenvalue weighted by atomic mass is 16.6. The van der Waals surface area contributed by atoms with Gasteiger partial charge >= 0.3 is 0 Å². The third-order valence-electron chi connectivity index (χ3n) is 4.75. The minimum atomic E-state index is -0.195. The first-order valence-corrected chi connectivity index (χ1v) is 8.74.